The van der Waals surface area contributed by atoms with Crippen molar-refractivity contribution in [3.05, 3.63) is 35.9 Å². The van der Waals surface area contributed by atoms with E-state index in [0.717, 1.165) is 0 Å². The van der Waals surface area contributed by atoms with Crippen molar-refractivity contribution in [2.45, 2.75) is 12.2 Å². The summed E-state index contributed by atoms with van der Waals surface area (Å²) in [4.78, 5) is 0. The van der Waals surface area contributed by atoms with Crippen molar-refractivity contribution in [2.75, 3.05) is 0 Å². The summed E-state index contributed by atoms with van der Waals surface area (Å²) in [5.74, 6) is 0. The molecule has 3 nitrogen and oxygen atoms in total. The second-order valence-electron chi connectivity index (χ2n) is 2.57. The Morgan fingerprint density at radius 2 is 1.69 bits per heavy atom. The molecule has 0 aliphatic carbocycles. The lowest BCUT2D eigenvalue weighted by Gasteiger charge is -2.06. The van der Waals surface area contributed by atoms with Crippen LogP contribution in [0.2, 0.25) is 0 Å². The third kappa shape index (κ3) is 3.12. The molecule has 1 unspecified atom stereocenters. The molecule has 1 N–H and O–H groups in total. The molecule has 0 saturated carbocycles. The molecule has 0 aliphatic heterocycles. The highest BCUT2D eigenvalue weighted by atomic mass is 32.2. The molecule has 1 aromatic rings. The fourth-order valence-corrected chi connectivity index (χ4v) is 1.40. The minimum absolute atomic E-state index is 0. The number of hydrogen-bond acceptors (Lipinski definition) is 2. The summed E-state index contributed by atoms with van der Waals surface area (Å²) >= 11 is 0. The summed E-state index contributed by atoms with van der Waals surface area (Å²) in [6.45, 7) is 1.45. The maximum absolute atomic E-state index is 10.7. The van der Waals surface area contributed by atoms with Crippen LogP contribution in [-0.2, 0) is 10.1 Å². The summed E-state index contributed by atoms with van der Waals surface area (Å²) < 4.78 is 30.1. The van der Waals surface area contributed by atoms with Crippen LogP contribution in [0.25, 0.3) is 0 Å². The lowest BCUT2D eigenvalue weighted by Crippen LogP contribution is -2.07. The smallest absolute Gasteiger partial charge is 0.271 e. The lowest BCUT2D eigenvalue weighted by atomic mass is 10.2. The number of hydrogen-bond donors (Lipinski definition) is 1. The van der Waals surface area contributed by atoms with Crippen molar-refractivity contribution in [1.82, 2.24) is 0 Å². The van der Waals surface area contributed by atoms with Crippen molar-refractivity contribution in [2.24, 2.45) is 0 Å². The highest BCUT2D eigenvalue weighted by molar-refractivity contribution is 7.86. The lowest BCUT2D eigenvalue weighted by molar-refractivity contribution is 0.472. The molecule has 0 aliphatic rings. The summed E-state index contributed by atoms with van der Waals surface area (Å²) in [6.07, 6.45) is 0. The maximum Gasteiger partial charge on any atom is 0.271 e. The summed E-state index contributed by atoms with van der Waals surface area (Å²) in [5, 5.41) is -0.848. The SMILES string of the molecule is CC(c1ccccc1)S(=O)(=O)O.F. The van der Waals surface area contributed by atoms with Gasteiger partial charge in [0, 0.05) is 0 Å². The number of rotatable bonds is 2. The molecule has 74 valence electrons. The molecule has 1 aromatic carbocycles. The van der Waals surface area contributed by atoms with Crippen LogP contribution in [0.15, 0.2) is 30.3 Å². The fraction of sp³-hybridized carbons (Fsp3) is 0.250. The van der Waals surface area contributed by atoms with Crippen LogP contribution < -0.4 is 0 Å². The minimum atomic E-state index is -3.96. The van der Waals surface area contributed by atoms with Crippen molar-refractivity contribution in [1.29, 1.82) is 0 Å². The van der Waals surface area contributed by atoms with Crippen molar-refractivity contribution in [3.63, 3.8) is 0 Å². The van der Waals surface area contributed by atoms with Gasteiger partial charge in [0.2, 0.25) is 0 Å². The van der Waals surface area contributed by atoms with E-state index in [9.17, 15) is 8.42 Å². The van der Waals surface area contributed by atoms with Gasteiger partial charge in [0.15, 0.2) is 0 Å². The van der Waals surface area contributed by atoms with Crippen LogP contribution in [0.4, 0.5) is 4.70 Å². The van der Waals surface area contributed by atoms with Gasteiger partial charge in [-0.05, 0) is 12.5 Å². The second kappa shape index (κ2) is 4.34. The van der Waals surface area contributed by atoms with Crippen LogP contribution in [-0.4, -0.2) is 13.0 Å². The first-order valence-electron chi connectivity index (χ1n) is 3.53. The Morgan fingerprint density at radius 1 is 1.23 bits per heavy atom. The van der Waals surface area contributed by atoms with Crippen molar-refractivity contribution in [3.8, 4) is 0 Å². The fourth-order valence-electron chi connectivity index (χ4n) is 0.896. The standard InChI is InChI=1S/C8H10O3S.FH/c1-7(12(9,10)11)8-5-3-2-4-6-8;/h2-7H,1H3,(H,9,10,11);1H. The molecule has 1 rings (SSSR count). The van der Waals surface area contributed by atoms with E-state index in [1.54, 1.807) is 30.3 Å². The van der Waals surface area contributed by atoms with E-state index in [4.69, 9.17) is 4.55 Å². The highest BCUT2D eigenvalue weighted by Crippen LogP contribution is 2.19. The topological polar surface area (TPSA) is 54.4 Å². The van der Waals surface area contributed by atoms with Crippen LogP contribution in [0.5, 0.6) is 0 Å². The van der Waals surface area contributed by atoms with Crippen LogP contribution in [0.3, 0.4) is 0 Å². The monoisotopic (exact) mass is 206 g/mol. The van der Waals surface area contributed by atoms with Gasteiger partial charge in [0.1, 0.15) is 5.25 Å². The summed E-state index contributed by atoms with van der Waals surface area (Å²) in [6, 6.07) is 8.59. The van der Waals surface area contributed by atoms with Gasteiger partial charge in [-0.25, -0.2) is 0 Å². The van der Waals surface area contributed by atoms with E-state index in [2.05, 4.69) is 0 Å². The minimum Gasteiger partial charge on any atom is -0.285 e. The van der Waals surface area contributed by atoms with Gasteiger partial charge in [0.05, 0.1) is 0 Å². The Bertz CT molecular complexity index is 347. The largest absolute Gasteiger partial charge is 0.285 e. The van der Waals surface area contributed by atoms with E-state index in [0.29, 0.717) is 5.56 Å². The Morgan fingerprint density at radius 3 is 2.08 bits per heavy atom. The molecule has 13 heavy (non-hydrogen) atoms. The molecule has 0 saturated heterocycles. The first-order chi connectivity index (χ1) is 5.52. The van der Waals surface area contributed by atoms with Gasteiger partial charge in [0.25, 0.3) is 10.1 Å². The Hall–Kier alpha value is -0.940. The normalized spacial score (nSPS) is 13.1. The molecule has 1 atom stereocenters. The molecular weight excluding hydrogens is 195 g/mol. The molecule has 0 aromatic heterocycles. The predicted molar refractivity (Wildman–Crippen MR) is 48.9 cm³/mol. The zero-order valence-corrected chi connectivity index (χ0v) is 7.86. The summed E-state index contributed by atoms with van der Waals surface area (Å²) in [5.41, 5.74) is 0.597. The van der Waals surface area contributed by atoms with Crippen LogP contribution in [0, 0.1) is 0 Å². The van der Waals surface area contributed by atoms with Crippen molar-refractivity contribution < 1.29 is 17.7 Å². The Kier molecular flexibility index (Phi) is 4.03. The summed E-state index contributed by atoms with van der Waals surface area (Å²) in [7, 11) is -3.96. The average Bonchev–Trinajstić information content (AvgIpc) is 2.03. The quantitative estimate of drug-likeness (QED) is 0.750. The van der Waals surface area contributed by atoms with E-state index in [-0.39, 0.29) is 4.70 Å². The van der Waals surface area contributed by atoms with Crippen LogP contribution in [0.1, 0.15) is 17.7 Å². The maximum atomic E-state index is 10.7. The van der Waals surface area contributed by atoms with Gasteiger partial charge >= 0.3 is 0 Å². The average molecular weight is 206 g/mol. The number of benzene rings is 1. The van der Waals surface area contributed by atoms with E-state index >= 15 is 0 Å². The molecule has 5 heteroatoms. The Labute approximate surface area is 76.5 Å². The first-order valence-corrected chi connectivity index (χ1v) is 5.03. The van der Waals surface area contributed by atoms with Gasteiger partial charge in [-0.2, -0.15) is 8.42 Å². The van der Waals surface area contributed by atoms with Gasteiger partial charge < -0.3 is 0 Å². The molecule has 0 fully saturated rings. The van der Waals surface area contributed by atoms with Crippen molar-refractivity contribution >= 4 is 10.1 Å². The predicted octanol–water partition coefficient (Wildman–Crippen LogP) is 1.79. The Balaban J connectivity index is 0.00000144. The zero-order chi connectivity index (χ0) is 9.19. The third-order valence-corrected chi connectivity index (χ3v) is 2.88. The molecule has 0 amide bonds. The van der Waals surface area contributed by atoms with Crippen LogP contribution >= 0.6 is 0 Å². The van der Waals surface area contributed by atoms with E-state index < -0.39 is 15.4 Å². The van der Waals surface area contributed by atoms with Gasteiger partial charge in [-0.1, -0.05) is 30.3 Å². The third-order valence-electron chi connectivity index (χ3n) is 1.72. The van der Waals surface area contributed by atoms with Gasteiger partial charge in [-0.3, -0.25) is 9.26 Å². The zero-order valence-electron chi connectivity index (χ0n) is 7.04. The first kappa shape index (κ1) is 12.1. The molecule has 0 bridgehead atoms. The molecule has 0 heterocycles. The number of halogens is 1. The molecule has 0 radical (unpaired) electrons. The van der Waals surface area contributed by atoms with Gasteiger partial charge in [-0.15, -0.1) is 0 Å². The second-order valence-corrected chi connectivity index (χ2v) is 4.30. The molecular formula is C8H11FO3S. The van der Waals surface area contributed by atoms with E-state index in [1.165, 1.54) is 6.92 Å². The molecule has 0 spiro atoms. The highest BCUT2D eigenvalue weighted by Gasteiger charge is 2.18. The van der Waals surface area contributed by atoms with E-state index in [1.807, 2.05) is 0 Å².